The summed E-state index contributed by atoms with van der Waals surface area (Å²) in [6, 6.07) is 4.96. The van der Waals surface area contributed by atoms with Gasteiger partial charge in [0.1, 0.15) is 11.9 Å². The fraction of sp³-hybridized carbons (Fsp3) is 0.308. The monoisotopic (exact) mass is 234 g/mol. The van der Waals surface area contributed by atoms with Crippen molar-refractivity contribution in [1.29, 1.82) is 0 Å². The lowest BCUT2D eigenvalue weighted by Gasteiger charge is -2.13. The summed E-state index contributed by atoms with van der Waals surface area (Å²) in [5, 5.41) is 14.2. The first-order chi connectivity index (χ1) is 7.99. The molecule has 2 rings (SSSR count). The summed E-state index contributed by atoms with van der Waals surface area (Å²) < 4.78 is 15.4. The van der Waals surface area contributed by atoms with Gasteiger partial charge in [0.2, 0.25) is 0 Å². The zero-order chi connectivity index (χ0) is 12.6. The minimum atomic E-state index is -1.02. The molecule has 0 aliphatic rings. The molecule has 0 aliphatic carbocycles. The Morgan fingerprint density at radius 3 is 2.59 bits per heavy atom. The maximum atomic E-state index is 13.9. The van der Waals surface area contributed by atoms with Crippen molar-refractivity contribution < 1.29 is 9.50 Å². The van der Waals surface area contributed by atoms with Crippen molar-refractivity contribution in [1.82, 2.24) is 9.78 Å². The molecule has 0 radical (unpaired) electrons. The third kappa shape index (κ3) is 2.22. The molecule has 4 heteroatoms. The van der Waals surface area contributed by atoms with Crippen LogP contribution in [0.4, 0.5) is 4.39 Å². The van der Waals surface area contributed by atoms with E-state index in [9.17, 15) is 9.50 Å². The Hall–Kier alpha value is -1.68. The maximum absolute atomic E-state index is 13.9. The molecule has 1 aromatic carbocycles. The quantitative estimate of drug-likeness (QED) is 0.865. The summed E-state index contributed by atoms with van der Waals surface area (Å²) in [5.41, 5.74) is 2.34. The lowest BCUT2D eigenvalue weighted by atomic mass is 9.98. The van der Waals surface area contributed by atoms with E-state index in [2.05, 4.69) is 5.10 Å². The van der Waals surface area contributed by atoms with Crippen LogP contribution in [0.2, 0.25) is 0 Å². The molecule has 1 aromatic heterocycles. The number of aryl methyl sites for hydroxylation is 3. The van der Waals surface area contributed by atoms with Crippen LogP contribution in [-0.4, -0.2) is 14.9 Å². The predicted molar refractivity (Wildman–Crippen MR) is 63.1 cm³/mol. The zero-order valence-electron chi connectivity index (χ0n) is 10.1. The largest absolute Gasteiger partial charge is 0.382 e. The molecule has 0 spiro atoms. The minimum Gasteiger partial charge on any atom is -0.382 e. The third-order valence-corrected chi connectivity index (χ3v) is 2.77. The number of nitrogens with zero attached hydrogens (tertiary/aromatic N) is 2. The summed E-state index contributed by atoms with van der Waals surface area (Å²) in [7, 11) is 1.76. The van der Waals surface area contributed by atoms with Crippen molar-refractivity contribution in [3.05, 3.63) is 52.6 Å². The van der Waals surface area contributed by atoms with Gasteiger partial charge in [0.25, 0.3) is 0 Å². The van der Waals surface area contributed by atoms with Crippen molar-refractivity contribution in [3.63, 3.8) is 0 Å². The van der Waals surface area contributed by atoms with Crippen LogP contribution in [0.25, 0.3) is 0 Å². The number of halogens is 1. The van der Waals surface area contributed by atoms with Gasteiger partial charge in [-0.3, -0.25) is 4.68 Å². The molecule has 3 nitrogen and oxygen atoms in total. The van der Waals surface area contributed by atoms with Crippen LogP contribution < -0.4 is 0 Å². The average Bonchev–Trinajstić information content (AvgIpc) is 2.63. The van der Waals surface area contributed by atoms with Crippen molar-refractivity contribution >= 4 is 0 Å². The van der Waals surface area contributed by atoms with Gasteiger partial charge in [0, 0.05) is 18.8 Å². The van der Waals surface area contributed by atoms with Gasteiger partial charge in [0.05, 0.1) is 5.69 Å². The molecule has 2 aromatic rings. The fourth-order valence-corrected chi connectivity index (χ4v) is 2.00. The molecular formula is C13H15FN2O. The lowest BCUT2D eigenvalue weighted by molar-refractivity contribution is 0.208. The van der Waals surface area contributed by atoms with Crippen LogP contribution in [0.5, 0.6) is 0 Å². The normalized spacial score (nSPS) is 12.8. The number of benzene rings is 1. The van der Waals surface area contributed by atoms with E-state index in [1.54, 1.807) is 30.9 Å². The second kappa shape index (κ2) is 4.30. The van der Waals surface area contributed by atoms with E-state index in [-0.39, 0.29) is 5.82 Å². The highest BCUT2D eigenvalue weighted by Gasteiger charge is 2.19. The highest BCUT2D eigenvalue weighted by molar-refractivity contribution is 5.36. The van der Waals surface area contributed by atoms with Crippen LogP contribution >= 0.6 is 0 Å². The molecular weight excluding hydrogens is 219 g/mol. The van der Waals surface area contributed by atoms with Crippen LogP contribution in [0, 0.1) is 19.7 Å². The summed E-state index contributed by atoms with van der Waals surface area (Å²) in [6.07, 6.45) is 0.705. The minimum absolute atomic E-state index is 0.300. The first-order valence-corrected chi connectivity index (χ1v) is 5.43. The number of aromatic nitrogens is 2. The zero-order valence-corrected chi connectivity index (χ0v) is 10.1. The molecule has 0 saturated carbocycles. The van der Waals surface area contributed by atoms with Gasteiger partial charge in [-0.25, -0.2) is 4.39 Å². The molecule has 0 bridgehead atoms. The molecule has 1 heterocycles. The Bertz CT molecular complexity index is 525. The van der Waals surface area contributed by atoms with E-state index >= 15 is 0 Å². The highest BCUT2D eigenvalue weighted by atomic mass is 19.1. The predicted octanol–water partition coefficient (Wildman–Crippen LogP) is 2.26. The first-order valence-electron chi connectivity index (χ1n) is 5.43. The highest BCUT2D eigenvalue weighted by Crippen LogP contribution is 2.27. The summed E-state index contributed by atoms with van der Waals surface area (Å²) >= 11 is 0. The number of aliphatic hydroxyl groups excluding tert-OH is 1. The Kier molecular flexibility index (Phi) is 2.98. The van der Waals surface area contributed by atoms with E-state index in [4.69, 9.17) is 0 Å². The van der Waals surface area contributed by atoms with Crippen molar-refractivity contribution in [2.75, 3.05) is 0 Å². The third-order valence-electron chi connectivity index (χ3n) is 2.77. The molecule has 0 fully saturated rings. The van der Waals surface area contributed by atoms with E-state index in [1.165, 1.54) is 6.07 Å². The molecule has 90 valence electrons. The topological polar surface area (TPSA) is 38.0 Å². The smallest absolute Gasteiger partial charge is 0.129 e. The molecule has 1 atom stereocenters. The van der Waals surface area contributed by atoms with E-state index in [0.29, 0.717) is 11.3 Å². The van der Waals surface area contributed by atoms with Crippen molar-refractivity contribution in [3.8, 4) is 0 Å². The van der Waals surface area contributed by atoms with Crippen LogP contribution in [0.1, 0.15) is 28.5 Å². The fourth-order valence-electron chi connectivity index (χ4n) is 2.00. The van der Waals surface area contributed by atoms with Crippen molar-refractivity contribution in [2.24, 2.45) is 7.05 Å². The van der Waals surface area contributed by atoms with Gasteiger partial charge >= 0.3 is 0 Å². The SMILES string of the molecule is Cc1cc(C)c(C(O)c2ccn(C)n2)c(F)c1. The molecule has 0 saturated heterocycles. The number of rotatable bonds is 2. The Morgan fingerprint density at radius 1 is 1.35 bits per heavy atom. The standard InChI is InChI=1S/C13H15FN2O/c1-8-6-9(2)12(10(14)7-8)13(17)11-4-5-16(3)15-11/h4-7,13,17H,1-3H3. The number of hydrogen-bond acceptors (Lipinski definition) is 2. The number of hydrogen-bond donors (Lipinski definition) is 1. The number of aliphatic hydroxyl groups is 1. The van der Waals surface area contributed by atoms with Crippen LogP contribution in [0.15, 0.2) is 24.4 Å². The second-order valence-electron chi connectivity index (χ2n) is 4.29. The molecule has 1 N–H and O–H groups in total. The lowest BCUT2D eigenvalue weighted by Crippen LogP contribution is -2.07. The molecule has 1 unspecified atom stereocenters. The molecule has 0 aliphatic heterocycles. The molecule has 0 amide bonds. The van der Waals surface area contributed by atoms with Gasteiger partial charge < -0.3 is 5.11 Å². The molecule has 17 heavy (non-hydrogen) atoms. The summed E-state index contributed by atoms with van der Waals surface area (Å²) in [4.78, 5) is 0. The first kappa shape index (κ1) is 11.8. The van der Waals surface area contributed by atoms with E-state index in [0.717, 1.165) is 11.1 Å². The Morgan fingerprint density at radius 2 is 2.06 bits per heavy atom. The van der Waals surface area contributed by atoms with Gasteiger partial charge in [-0.15, -0.1) is 0 Å². The van der Waals surface area contributed by atoms with Crippen LogP contribution in [0.3, 0.4) is 0 Å². The van der Waals surface area contributed by atoms with Gasteiger partial charge in [-0.1, -0.05) is 6.07 Å². The summed E-state index contributed by atoms with van der Waals surface area (Å²) in [6.45, 7) is 3.62. The second-order valence-corrected chi connectivity index (χ2v) is 4.29. The van der Waals surface area contributed by atoms with E-state index in [1.807, 2.05) is 13.0 Å². The van der Waals surface area contributed by atoms with Crippen molar-refractivity contribution in [2.45, 2.75) is 20.0 Å². The maximum Gasteiger partial charge on any atom is 0.129 e. The van der Waals surface area contributed by atoms with Gasteiger partial charge in [0.15, 0.2) is 0 Å². The summed E-state index contributed by atoms with van der Waals surface area (Å²) in [5.74, 6) is -0.388. The van der Waals surface area contributed by atoms with Crippen LogP contribution in [-0.2, 0) is 7.05 Å². The Balaban J connectivity index is 2.47. The van der Waals surface area contributed by atoms with E-state index < -0.39 is 6.10 Å². The average molecular weight is 234 g/mol. The Labute approximate surface area is 99.5 Å². The van der Waals surface area contributed by atoms with Gasteiger partial charge in [-0.05, 0) is 37.1 Å². The van der Waals surface area contributed by atoms with Gasteiger partial charge in [-0.2, -0.15) is 5.10 Å².